The highest BCUT2D eigenvalue weighted by molar-refractivity contribution is 6.34. The van der Waals surface area contributed by atoms with Crippen molar-refractivity contribution in [1.82, 2.24) is 0 Å². The summed E-state index contributed by atoms with van der Waals surface area (Å²) in [5.41, 5.74) is 0.976. The molecular weight excluding hydrogens is 290 g/mol. The van der Waals surface area contributed by atoms with Gasteiger partial charge in [-0.05, 0) is 23.8 Å². The molecule has 0 saturated heterocycles. The molecule has 0 aromatic heterocycles. The summed E-state index contributed by atoms with van der Waals surface area (Å²) in [6, 6.07) is 8.61. The fourth-order valence-electron chi connectivity index (χ4n) is 1.73. The van der Waals surface area contributed by atoms with Crippen LogP contribution in [0.5, 0.6) is 5.75 Å². The molecule has 0 spiro atoms. The average molecular weight is 301 g/mol. The molecule has 0 aliphatic carbocycles. The normalized spacial score (nSPS) is 12.3. The molecule has 1 atom stereocenters. The van der Waals surface area contributed by atoms with Gasteiger partial charge in [-0.25, -0.2) is 4.39 Å². The fourth-order valence-corrected chi connectivity index (χ4v) is 2.24. The second-order valence-electron chi connectivity index (χ2n) is 3.96. The Labute approximate surface area is 120 Å². The molecule has 19 heavy (non-hydrogen) atoms. The average Bonchev–Trinajstić information content (AvgIpc) is 2.41. The lowest BCUT2D eigenvalue weighted by molar-refractivity contribution is 0.220. The maximum atomic E-state index is 12.8. The summed E-state index contributed by atoms with van der Waals surface area (Å²) in [5, 5.41) is 10.9. The fraction of sp³-hybridized carbons (Fsp3) is 0.143. The van der Waals surface area contributed by atoms with Gasteiger partial charge in [-0.3, -0.25) is 0 Å². The quantitative estimate of drug-likeness (QED) is 0.919. The van der Waals surface area contributed by atoms with Crippen LogP contribution in [0.2, 0.25) is 10.0 Å². The standard InChI is InChI=1S/C14H11Cl2FO2/c1-19-13-7-11(15)10(6-12(13)16)14(18)8-2-4-9(17)5-3-8/h2-7,14,18H,1H3. The minimum Gasteiger partial charge on any atom is -0.495 e. The third kappa shape index (κ3) is 3.00. The van der Waals surface area contributed by atoms with E-state index in [1.807, 2.05) is 0 Å². The Bertz CT molecular complexity index is 585. The number of halogens is 3. The molecule has 2 nitrogen and oxygen atoms in total. The summed E-state index contributed by atoms with van der Waals surface area (Å²) in [6.07, 6.45) is -0.975. The van der Waals surface area contributed by atoms with Crippen molar-refractivity contribution in [2.45, 2.75) is 6.10 Å². The molecule has 0 heterocycles. The number of aliphatic hydroxyl groups excluding tert-OH is 1. The summed E-state index contributed by atoms with van der Waals surface area (Å²) >= 11 is 12.1. The number of aliphatic hydroxyl groups is 1. The van der Waals surface area contributed by atoms with Gasteiger partial charge in [0.2, 0.25) is 0 Å². The van der Waals surface area contributed by atoms with Crippen LogP contribution < -0.4 is 4.74 Å². The highest BCUT2D eigenvalue weighted by Gasteiger charge is 2.17. The van der Waals surface area contributed by atoms with E-state index in [1.54, 1.807) is 0 Å². The molecule has 0 fully saturated rings. The topological polar surface area (TPSA) is 29.5 Å². The summed E-state index contributed by atoms with van der Waals surface area (Å²) in [4.78, 5) is 0. The molecule has 100 valence electrons. The summed E-state index contributed by atoms with van der Waals surface area (Å²) in [5.74, 6) is 0.0662. The molecule has 0 radical (unpaired) electrons. The second kappa shape index (κ2) is 5.78. The molecule has 0 saturated carbocycles. The van der Waals surface area contributed by atoms with E-state index >= 15 is 0 Å². The molecular formula is C14H11Cl2FO2. The third-order valence-corrected chi connectivity index (χ3v) is 3.37. The SMILES string of the molecule is COc1cc(Cl)c(C(O)c2ccc(F)cc2)cc1Cl. The van der Waals surface area contributed by atoms with Gasteiger partial charge in [0, 0.05) is 11.6 Å². The molecule has 0 amide bonds. The smallest absolute Gasteiger partial charge is 0.138 e. The zero-order chi connectivity index (χ0) is 14.0. The van der Waals surface area contributed by atoms with Crippen molar-refractivity contribution in [2.24, 2.45) is 0 Å². The number of rotatable bonds is 3. The summed E-state index contributed by atoms with van der Waals surface area (Å²) in [6.45, 7) is 0. The number of hydrogen-bond acceptors (Lipinski definition) is 2. The van der Waals surface area contributed by atoms with E-state index in [-0.39, 0.29) is 5.82 Å². The van der Waals surface area contributed by atoms with Crippen LogP contribution in [0.1, 0.15) is 17.2 Å². The monoisotopic (exact) mass is 300 g/mol. The van der Waals surface area contributed by atoms with Gasteiger partial charge in [0.05, 0.1) is 17.2 Å². The third-order valence-electron chi connectivity index (χ3n) is 2.75. The van der Waals surface area contributed by atoms with Crippen LogP contribution in [0.4, 0.5) is 4.39 Å². The van der Waals surface area contributed by atoms with E-state index in [0.717, 1.165) is 0 Å². The van der Waals surface area contributed by atoms with Gasteiger partial charge in [-0.2, -0.15) is 0 Å². The van der Waals surface area contributed by atoms with Gasteiger partial charge in [0.1, 0.15) is 17.7 Å². The van der Waals surface area contributed by atoms with Crippen molar-refractivity contribution in [3.8, 4) is 5.75 Å². The van der Waals surface area contributed by atoms with Crippen molar-refractivity contribution >= 4 is 23.2 Å². The van der Waals surface area contributed by atoms with Crippen molar-refractivity contribution in [3.05, 3.63) is 63.4 Å². The zero-order valence-corrected chi connectivity index (χ0v) is 11.5. The van der Waals surface area contributed by atoms with Crippen LogP contribution >= 0.6 is 23.2 Å². The minimum absolute atomic E-state index is 0.332. The molecule has 1 unspecified atom stereocenters. The molecule has 0 bridgehead atoms. The maximum Gasteiger partial charge on any atom is 0.138 e. The molecule has 2 aromatic rings. The molecule has 0 aliphatic heterocycles. The number of methoxy groups -OCH3 is 1. The molecule has 2 rings (SSSR count). The van der Waals surface area contributed by atoms with Crippen molar-refractivity contribution < 1.29 is 14.2 Å². The van der Waals surface area contributed by atoms with Gasteiger partial charge >= 0.3 is 0 Å². The molecule has 1 N–H and O–H groups in total. The van der Waals surface area contributed by atoms with Crippen LogP contribution in [0.15, 0.2) is 36.4 Å². The van der Waals surface area contributed by atoms with Crippen molar-refractivity contribution in [1.29, 1.82) is 0 Å². The van der Waals surface area contributed by atoms with Gasteiger partial charge in [0.15, 0.2) is 0 Å². The highest BCUT2D eigenvalue weighted by atomic mass is 35.5. The van der Waals surface area contributed by atoms with Gasteiger partial charge < -0.3 is 9.84 Å². The maximum absolute atomic E-state index is 12.8. The number of benzene rings is 2. The Morgan fingerprint density at radius 1 is 1.11 bits per heavy atom. The Morgan fingerprint density at radius 2 is 1.74 bits per heavy atom. The van der Waals surface area contributed by atoms with E-state index in [9.17, 15) is 9.50 Å². The van der Waals surface area contributed by atoms with E-state index in [0.29, 0.717) is 26.9 Å². The number of hydrogen-bond donors (Lipinski definition) is 1. The Morgan fingerprint density at radius 3 is 2.32 bits per heavy atom. The predicted octanol–water partition coefficient (Wildman–Crippen LogP) is 4.22. The van der Waals surface area contributed by atoms with E-state index < -0.39 is 6.10 Å². The van der Waals surface area contributed by atoms with Crippen LogP contribution in [-0.2, 0) is 0 Å². The predicted molar refractivity (Wildman–Crippen MR) is 73.5 cm³/mol. The molecule has 2 aromatic carbocycles. The van der Waals surface area contributed by atoms with E-state index in [4.69, 9.17) is 27.9 Å². The Hall–Kier alpha value is -1.29. The first-order valence-corrected chi connectivity index (χ1v) is 6.25. The van der Waals surface area contributed by atoms with Crippen molar-refractivity contribution in [3.63, 3.8) is 0 Å². The van der Waals surface area contributed by atoms with E-state index in [2.05, 4.69) is 0 Å². The van der Waals surface area contributed by atoms with Gasteiger partial charge in [0.25, 0.3) is 0 Å². The second-order valence-corrected chi connectivity index (χ2v) is 4.78. The first-order chi connectivity index (χ1) is 9.02. The minimum atomic E-state index is -0.975. The largest absolute Gasteiger partial charge is 0.495 e. The summed E-state index contributed by atoms with van der Waals surface area (Å²) < 4.78 is 17.9. The lowest BCUT2D eigenvalue weighted by atomic mass is 10.0. The van der Waals surface area contributed by atoms with Gasteiger partial charge in [-0.1, -0.05) is 35.3 Å². The van der Waals surface area contributed by atoms with Crippen LogP contribution in [0.3, 0.4) is 0 Å². The lowest BCUT2D eigenvalue weighted by Crippen LogP contribution is -2.01. The van der Waals surface area contributed by atoms with Crippen LogP contribution in [-0.4, -0.2) is 12.2 Å². The number of ether oxygens (including phenoxy) is 1. The van der Waals surface area contributed by atoms with Gasteiger partial charge in [-0.15, -0.1) is 0 Å². The Kier molecular flexibility index (Phi) is 4.30. The summed E-state index contributed by atoms with van der Waals surface area (Å²) in [7, 11) is 1.48. The Balaban J connectivity index is 2.41. The molecule has 0 aliphatic rings. The highest BCUT2D eigenvalue weighted by Crippen LogP contribution is 2.36. The molecule has 5 heteroatoms. The first-order valence-electron chi connectivity index (χ1n) is 5.49. The van der Waals surface area contributed by atoms with Crippen LogP contribution in [0.25, 0.3) is 0 Å². The zero-order valence-electron chi connectivity index (χ0n) is 10.0. The van der Waals surface area contributed by atoms with E-state index in [1.165, 1.54) is 43.5 Å². The first kappa shape index (κ1) is 14.1. The van der Waals surface area contributed by atoms with Crippen molar-refractivity contribution in [2.75, 3.05) is 7.11 Å². The van der Waals surface area contributed by atoms with Crippen LogP contribution in [0, 0.1) is 5.82 Å². The lowest BCUT2D eigenvalue weighted by Gasteiger charge is -2.15.